The van der Waals surface area contributed by atoms with Crippen LogP contribution >= 0.6 is 0 Å². The van der Waals surface area contributed by atoms with Crippen LogP contribution in [-0.2, 0) is 16.6 Å². The molecule has 0 aliphatic heterocycles. The number of benzene rings is 1. The number of carbonyl (C=O) groups is 1. The van der Waals surface area contributed by atoms with Crippen LogP contribution in [0.4, 0.5) is 0 Å². The lowest BCUT2D eigenvalue weighted by molar-refractivity contribution is -0.117. The highest BCUT2D eigenvalue weighted by molar-refractivity contribution is 5.77. The summed E-state index contributed by atoms with van der Waals surface area (Å²) in [5.74, 6) is 0.371. The minimum Gasteiger partial charge on any atom is -0.496 e. The molecule has 1 rings (SSSR count). The third-order valence-electron chi connectivity index (χ3n) is 2.51. The fraction of sp³-hybridized carbons (Fsp3) is 0.462. The van der Waals surface area contributed by atoms with E-state index in [4.69, 9.17) is 10.5 Å². The fourth-order valence-corrected chi connectivity index (χ4v) is 1.57. The van der Waals surface area contributed by atoms with E-state index in [0.717, 1.165) is 5.56 Å². The molecule has 0 aliphatic carbocycles. The molecule has 0 heterocycles. The van der Waals surface area contributed by atoms with E-state index in [1.165, 1.54) is 5.56 Å². The first-order chi connectivity index (χ1) is 7.34. The van der Waals surface area contributed by atoms with Gasteiger partial charge in [-0.3, -0.25) is 4.79 Å². The van der Waals surface area contributed by atoms with Gasteiger partial charge >= 0.3 is 0 Å². The predicted molar refractivity (Wildman–Crippen MR) is 64.6 cm³/mol. The van der Waals surface area contributed by atoms with E-state index < -0.39 is 0 Å². The second kappa shape index (κ2) is 4.56. The van der Waals surface area contributed by atoms with E-state index in [1.807, 2.05) is 18.2 Å². The lowest BCUT2D eigenvalue weighted by Gasteiger charge is -2.20. The van der Waals surface area contributed by atoms with Crippen molar-refractivity contribution in [2.24, 2.45) is 5.73 Å². The van der Waals surface area contributed by atoms with Gasteiger partial charge in [0.25, 0.3) is 0 Å². The maximum Gasteiger partial charge on any atom is 0.221 e. The molecule has 0 aliphatic rings. The molecule has 0 radical (unpaired) electrons. The van der Waals surface area contributed by atoms with E-state index in [-0.39, 0.29) is 17.7 Å². The Hall–Kier alpha value is -1.51. The van der Waals surface area contributed by atoms with Crippen molar-refractivity contribution < 1.29 is 9.53 Å². The number of methoxy groups -OCH3 is 1. The average molecular weight is 221 g/mol. The highest BCUT2D eigenvalue weighted by Gasteiger charge is 2.16. The highest BCUT2D eigenvalue weighted by atomic mass is 16.5. The van der Waals surface area contributed by atoms with Gasteiger partial charge in [0.2, 0.25) is 5.91 Å². The maximum atomic E-state index is 11.0. The van der Waals surface area contributed by atoms with Crippen molar-refractivity contribution in [2.45, 2.75) is 32.6 Å². The summed E-state index contributed by atoms with van der Waals surface area (Å²) in [5.41, 5.74) is 7.29. The number of rotatable bonds is 3. The molecule has 0 aromatic heterocycles. The second-order valence-electron chi connectivity index (χ2n) is 4.92. The molecule has 1 amide bonds. The third kappa shape index (κ3) is 2.99. The molecule has 0 atom stereocenters. The van der Waals surface area contributed by atoms with Gasteiger partial charge < -0.3 is 10.5 Å². The Labute approximate surface area is 96.6 Å². The minimum absolute atomic E-state index is 0.0542. The molecule has 0 unspecified atom stereocenters. The zero-order valence-corrected chi connectivity index (χ0v) is 10.3. The summed E-state index contributed by atoms with van der Waals surface area (Å²) in [5, 5.41) is 0. The topological polar surface area (TPSA) is 52.3 Å². The smallest absolute Gasteiger partial charge is 0.221 e. The standard InChI is InChI=1S/C13H19NO2/c1-13(2,3)10-5-6-11(16-4)9(7-10)8-12(14)15/h5-7H,8H2,1-4H3,(H2,14,15). The summed E-state index contributed by atoms with van der Waals surface area (Å²) in [7, 11) is 1.59. The van der Waals surface area contributed by atoms with E-state index in [2.05, 4.69) is 20.8 Å². The van der Waals surface area contributed by atoms with Crippen molar-refractivity contribution in [3.05, 3.63) is 29.3 Å². The van der Waals surface area contributed by atoms with Gasteiger partial charge in [0, 0.05) is 5.56 Å². The summed E-state index contributed by atoms with van der Waals surface area (Å²) >= 11 is 0. The molecular weight excluding hydrogens is 202 g/mol. The van der Waals surface area contributed by atoms with Crippen molar-refractivity contribution >= 4 is 5.91 Å². The van der Waals surface area contributed by atoms with Crippen LogP contribution in [0, 0.1) is 0 Å². The van der Waals surface area contributed by atoms with Crippen LogP contribution in [0.25, 0.3) is 0 Å². The molecule has 0 fully saturated rings. The first-order valence-electron chi connectivity index (χ1n) is 5.30. The van der Waals surface area contributed by atoms with Crippen LogP contribution in [0.5, 0.6) is 5.75 Å². The number of hydrogen-bond acceptors (Lipinski definition) is 2. The van der Waals surface area contributed by atoms with Gasteiger partial charge in [-0.15, -0.1) is 0 Å². The molecule has 1 aromatic rings. The lowest BCUT2D eigenvalue weighted by Crippen LogP contribution is -2.16. The zero-order chi connectivity index (χ0) is 12.3. The molecule has 0 spiro atoms. The first kappa shape index (κ1) is 12.6. The Morgan fingerprint density at radius 1 is 1.38 bits per heavy atom. The molecule has 3 nitrogen and oxygen atoms in total. The first-order valence-corrected chi connectivity index (χ1v) is 5.30. The van der Waals surface area contributed by atoms with Gasteiger partial charge in [-0.1, -0.05) is 32.9 Å². The van der Waals surface area contributed by atoms with Gasteiger partial charge in [0.1, 0.15) is 5.75 Å². The molecule has 0 bridgehead atoms. The molecule has 0 saturated heterocycles. The van der Waals surface area contributed by atoms with Crippen LogP contribution < -0.4 is 10.5 Å². The van der Waals surface area contributed by atoms with Gasteiger partial charge in [-0.25, -0.2) is 0 Å². The number of amides is 1. The quantitative estimate of drug-likeness (QED) is 0.849. The van der Waals surface area contributed by atoms with Crippen molar-refractivity contribution in [1.29, 1.82) is 0 Å². The van der Waals surface area contributed by atoms with Crippen molar-refractivity contribution in [1.82, 2.24) is 0 Å². The normalized spacial score (nSPS) is 11.2. The molecule has 1 aromatic carbocycles. The van der Waals surface area contributed by atoms with E-state index in [0.29, 0.717) is 5.75 Å². The summed E-state index contributed by atoms with van der Waals surface area (Å²) in [6.07, 6.45) is 0.215. The van der Waals surface area contributed by atoms with Crippen LogP contribution in [-0.4, -0.2) is 13.0 Å². The van der Waals surface area contributed by atoms with Crippen LogP contribution in [0.2, 0.25) is 0 Å². The van der Waals surface area contributed by atoms with Gasteiger partial charge in [0.15, 0.2) is 0 Å². The van der Waals surface area contributed by atoms with Crippen molar-refractivity contribution in [2.75, 3.05) is 7.11 Å². The SMILES string of the molecule is COc1ccc(C(C)(C)C)cc1CC(N)=O. The average Bonchev–Trinajstić information content (AvgIpc) is 2.15. The molecule has 88 valence electrons. The van der Waals surface area contributed by atoms with Gasteiger partial charge in [0.05, 0.1) is 13.5 Å². The van der Waals surface area contributed by atoms with Crippen molar-refractivity contribution in [3.63, 3.8) is 0 Å². The Morgan fingerprint density at radius 2 is 2.00 bits per heavy atom. The third-order valence-corrected chi connectivity index (χ3v) is 2.51. The van der Waals surface area contributed by atoms with Gasteiger partial charge in [-0.05, 0) is 17.0 Å². The van der Waals surface area contributed by atoms with Crippen molar-refractivity contribution in [3.8, 4) is 5.75 Å². The van der Waals surface area contributed by atoms with Crippen LogP contribution in [0.15, 0.2) is 18.2 Å². The van der Waals surface area contributed by atoms with Crippen LogP contribution in [0.3, 0.4) is 0 Å². The number of nitrogens with two attached hydrogens (primary N) is 1. The number of carbonyl (C=O) groups excluding carboxylic acids is 1. The zero-order valence-electron chi connectivity index (χ0n) is 10.3. The molecule has 3 heteroatoms. The van der Waals surface area contributed by atoms with E-state index >= 15 is 0 Å². The Balaban J connectivity index is 3.16. The van der Waals surface area contributed by atoms with Crippen LogP contribution in [0.1, 0.15) is 31.9 Å². The Bertz CT molecular complexity index is 391. The summed E-state index contributed by atoms with van der Waals surface area (Å²) in [4.78, 5) is 11.0. The lowest BCUT2D eigenvalue weighted by atomic mass is 9.85. The Morgan fingerprint density at radius 3 is 2.44 bits per heavy atom. The highest BCUT2D eigenvalue weighted by Crippen LogP contribution is 2.28. The molecular formula is C13H19NO2. The predicted octanol–water partition coefficient (Wildman–Crippen LogP) is 2.02. The summed E-state index contributed by atoms with van der Waals surface area (Å²) in [6.45, 7) is 6.38. The molecule has 2 N–H and O–H groups in total. The molecule has 16 heavy (non-hydrogen) atoms. The fourth-order valence-electron chi connectivity index (χ4n) is 1.57. The maximum absolute atomic E-state index is 11.0. The number of primary amides is 1. The minimum atomic E-state index is -0.343. The van der Waals surface area contributed by atoms with E-state index in [1.54, 1.807) is 7.11 Å². The second-order valence-corrected chi connectivity index (χ2v) is 4.92. The monoisotopic (exact) mass is 221 g/mol. The largest absolute Gasteiger partial charge is 0.496 e. The number of ether oxygens (including phenoxy) is 1. The Kier molecular flexibility index (Phi) is 3.58. The summed E-state index contributed by atoms with van der Waals surface area (Å²) < 4.78 is 5.21. The molecule has 0 saturated carbocycles. The van der Waals surface area contributed by atoms with Gasteiger partial charge in [-0.2, -0.15) is 0 Å². The summed E-state index contributed by atoms with van der Waals surface area (Å²) in [6, 6.07) is 5.89. The van der Waals surface area contributed by atoms with E-state index in [9.17, 15) is 4.79 Å². The number of hydrogen-bond donors (Lipinski definition) is 1.